The lowest BCUT2D eigenvalue weighted by Crippen LogP contribution is -2.52. The summed E-state index contributed by atoms with van der Waals surface area (Å²) in [6, 6.07) is 0. The zero-order valence-corrected chi connectivity index (χ0v) is 9.13. The second kappa shape index (κ2) is 4.88. The minimum Gasteiger partial charge on any atom is -0.456 e. The third kappa shape index (κ3) is 3.12. The van der Waals surface area contributed by atoms with Gasteiger partial charge in [0.05, 0.1) is 6.54 Å². The molecule has 3 nitrogen and oxygen atoms in total. The molecule has 1 atom stereocenters. The molecule has 0 saturated carbocycles. The number of nitrogens with zero attached hydrogens (tertiary/aromatic N) is 1. The third-order valence-corrected chi connectivity index (χ3v) is 2.62. The van der Waals surface area contributed by atoms with E-state index in [9.17, 15) is 13.6 Å². The van der Waals surface area contributed by atoms with Crippen LogP contribution in [0.5, 0.6) is 0 Å². The molecule has 0 aromatic heterocycles. The van der Waals surface area contributed by atoms with Gasteiger partial charge in [-0.1, -0.05) is 13.8 Å². The molecule has 1 unspecified atom stereocenters. The number of rotatable bonds is 3. The average Bonchev–Trinajstić information content (AvgIpc) is 2.20. The second-order valence-electron chi connectivity index (χ2n) is 3.75. The van der Waals surface area contributed by atoms with E-state index in [1.165, 1.54) is 0 Å². The maximum atomic E-state index is 13.5. The van der Waals surface area contributed by atoms with Crippen molar-refractivity contribution in [2.75, 3.05) is 19.6 Å². The Hall–Kier alpha value is -0.710. The zero-order valence-electron chi connectivity index (χ0n) is 9.13. The number of carbonyl (C=O) groups excluding carboxylic acids is 1. The molecule has 5 heteroatoms. The Balaban J connectivity index is 2.56. The van der Waals surface area contributed by atoms with Gasteiger partial charge in [0.25, 0.3) is 5.92 Å². The summed E-state index contributed by atoms with van der Waals surface area (Å²) in [5, 5.41) is 0. The van der Waals surface area contributed by atoms with Crippen molar-refractivity contribution in [2.24, 2.45) is 0 Å². The highest BCUT2D eigenvalue weighted by atomic mass is 19.3. The Labute approximate surface area is 88.4 Å². The van der Waals surface area contributed by atoms with Gasteiger partial charge < -0.3 is 4.74 Å². The Morgan fingerprint density at radius 3 is 2.67 bits per heavy atom. The van der Waals surface area contributed by atoms with Crippen LogP contribution in [-0.2, 0) is 9.53 Å². The Bertz CT molecular complexity index is 233. The van der Waals surface area contributed by atoms with Crippen LogP contribution in [0.4, 0.5) is 8.78 Å². The topological polar surface area (TPSA) is 29.5 Å². The quantitative estimate of drug-likeness (QED) is 0.679. The van der Waals surface area contributed by atoms with Crippen LogP contribution >= 0.6 is 0 Å². The van der Waals surface area contributed by atoms with Gasteiger partial charge in [0, 0.05) is 19.4 Å². The molecule has 0 radical (unpaired) electrons. The molecule has 1 aliphatic heterocycles. The van der Waals surface area contributed by atoms with E-state index in [1.807, 2.05) is 6.92 Å². The van der Waals surface area contributed by atoms with Crippen LogP contribution < -0.4 is 0 Å². The van der Waals surface area contributed by atoms with Crippen molar-refractivity contribution < 1.29 is 18.3 Å². The maximum Gasteiger partial charge on any atom is 0.305 e. The van der Waals surface area contributed by atoms with Crippen molar-refractivity contribution in [3.8, 4) is 0 Å². The third-order valence-electron chi connectivity index (χ3n) is 2.62. The molecule has 0 amide bonds. The molecule has 15 heavy (non-hydrogen) atoms. The maximum absolute atomic E-state index is 13.5. The molecule has 1 aliphatic rings. The lowest BCUT2D eigenvalue weighted by Gasteiger charge is -2.37. The van der Waals surface area contributed by atoms with E-state index in [2.05, 4.69) is 0 Å². The van der Waals surface area contributed by atoms with Gasteiger partial charge in [0.15, 0.2) is 6.10 Å². The van der Waals surface area contributed by atoms with Crippen LogP contribution in [-0.4, -0.2) is 42.5 Å². The van der Waals surface area contributed by atoms with Gasteiger partial charge in [-0.3, -0.25) is 9.69 Å². The summed E-state index contributed by atoms with van der Waals surface area (Å²) in [7, 11) is 0. The molecule has 88 valence electrons. The summed E-state index contributed by atoms with van der Waals surface area (Å²) in [6.07, 6.45) is -0.885. The number of likely N-dealkylation sites (tertiary alicyclic amines) is 1. The van der Waals surface area contributed by atoms with Crippen molar-refractivity contribution >= 4 is 5.97 Å². The van der Waals surface area contributed by atoms with E-state index in [-0.39, 0.29) is 19.4 Å². The molecule has 0 aromatic rings. The average molecular weight is 221 g/mol. The Morgan fingerprint density at radius 2 is 2.20 bits per heavy atom. The summed E-state index contributed by atoms with van der Waals surface area (Å²) >= 11 is 0. The van der Waals surface area contributed by atoms with Gasteiger partial charge in [-0.2, -0.15) is 0 Å². The van der Waals surface area contributed by atoms with Crippen molar-refractivity contribution in [3.05, 3.63) is 0 Å². The highest BCUT2D eigenvalue weighted by Crippen LogP contribution is 2.29. The van der Waals surface area contributed by atoms with Crippen LogP contribution in [0, 0.1) is 0 Å². The zero-order chi connectivity index (χ0) is 11.5. The van der Waals surface area contributed by atoms with E-state index in [0.29, 0.717) is 13.1 Å². The monoisotopic (exact) mass is 221 g/mol. The molecule has 1 saturated heterocycles. The van der Waals surface area contributed by atoms with E-state index in [0.717, 1.165) is 0 Å². The molecule has 0 aliphatic carbocycles. The van der Waals surface area contributed by atoms with Crippen LogP contribution in [0.25, 0.3) is 0 Å². The minimum atomic E-state index is -2.92. The lowest BCUT2D eigenvalue weighted by atomic mass is 10.0. The number of halogens is 2. The smallest absolute Gasteiger partial charge is 0.305 e. The molecule has 0 bridgehead atoms. The predicted octanol–water partition coefficient (Wildman–Crippen LogP) is 1.67. The number of carbonyl (C=O) groups is 1. The Kier molecular flexibility index (Phi) is 4.02. The minimum absolute atomic E-state index is 0.143. The van der Waals surface area contributed by atoms with Crippen molar-refractivity contribution in [1.29, 1.82) is 0 Å². The molecular formula is C10H17F2NO2. The predicted molar refractivity (Wildman–Crippen MR) is 51.8 cm³/mol. The molecule has 0 aromatic carbocycles. The molecule has 1 heterocycles. The number of hydrogen-bond acceptors (Lipinski definition) is 3. The number of hydrogen-bond donors (Lipinski definition) is 0. The summed E-state index contributed by atoms with van der Waals surface area (Å²) in [6.45, 7) is 4.29. The normalized spacial score (nSPS) is 26.3. The first-order valence-electron chi connectivity index (χ1n) is 5.29. The standard InChI is InChI=1S/C10H17F2NO2/c1-3-9(14)15-8-5-6-13(4-2)7-10(8,11)12/h8H,3-7H2,1-2H3. The number of piperidine rings is 1. The van der Waals surface area contributed by atoms with Gasteiger partial charge in [0.1, 0.15) is 0 Å². The first-order valence-corrected chi connectivity index (χ1v) is 5.29. The van der Waals surface area contributed by atoms with Gasteiger partial charge >= 0.3 is 5.97 Å². The van der Waals surface area contributed by atoms with Crippen molar-refractivity contribution in [3.63, 3.8) is 0 Å². The Morgan fingerprint density at radius 1 is 1.53 bits per heavy atom. The highest BCUT2D eigenvalue weighted by molar-refractivity contribution is 5.69. The summed E-state index contributed by atoms with van der Waals surface area (Å²) < 4.78 is 31.7. The number of esters is 1. The fourth-order valence-corrected chi connectivity index (χ4v) is 1.65. The molecule has 0 N–H and O–H groups in total. The van der Waals surface area contributed by atoms with Crippen molar-refractivity contribution in [2.45, 2.75) is 38.7 Å². The van der Waals surface area contributed by atoms with Crippen LogP contribution in [0.15, 0.2) is 0 Å². The number of alkyl halides is 2. The lowest BCUT2D eigenvalue weighted by molar-refractivity contribution is -0.188. The van der Waals surface area contributed by atoms with Gasteiger partial charge in [0.2, 0.25) is 0 Å². The molecular weight excluding hydrogens is 204 g/mol. The summed E-state index contributed by atoms with van der Waals surface area (Å²) in [4.78, 5) is 12.6. The molecule has 1 rings (SSSR count). The largest absolute Gasteiger partial charge is 0.456 e. The van der Waals surface area contributed by atoms with Crippen LogP contribution in [0.2, 0.25) is 0 Å². The van der Waals surface area contributed by atoms with E-state index in [1.54, 1.807) is 11.8 Å². The molecule has 1 fully saturated rings. The first kappa shape index (κ1) is 12.4. The second-order valence-corrected chi connectivity index (χ2v) is 3.75. The summed E-state index contributed by atoms with van der Waals surface area (Å²) in [5.74, 6) is -3.47. The molecule has 0 spiro atoms. The highest BCUT2D eigenvalue weighted by Gasteiger charge is 2.46. The first-order chi connectivity index (χ1) is 6.99. The van der Waals surface area contributed by atoms with Gasteiger partial charge in [-0.05, 0) is 6.54 Å². The number of ether oxygens (including phenoxy) is 1. The summed E-state index contributed by atoms with van der Waals surface area (Å²) in [5.41, 5.74) is 0. The van der Waals surface area contributed by atoms with Gasteiger partial charge in [-0.25, -0.2) is 8.78 Å². The van der Waals surface area contributed by atoms with E-state index in [4.69, 9.17) is 4.74 Å². The fourth-order valence-electron chi connectivity index (χ4n) is 1.65. The van der Waals surface area contributed by atoms with E-state index >= 15 is 0 Å². The van der Waals surface area contributed by atoms with Gasteiger partial charge in [-0.15, -0.1) is 0 Å². The van der Waals surface area contributed by atoms with Crippen LogP contribution in [0.3, 0.4) is 0 Å². The van der Waals surface area contributed by atoms with E-state index < -0.39 is 18.0 Å². The fraction of sp³-hybridized carbons (Fsp3) is 0.900. The SMILES string of the molecule is CCC(=O)OC1CCN(CC)CC1(F)F. The van der Waals surface area contributed by atoms with Crippen molar-refractivity contribution in [1.82, 2.24) is 4.90 Å². The van der Waals surface area contributed by atoms with Crippen LogP contribution in [0.1, 0.15) is 26.7 Å².